The molecule has 0 bridgehead atoms. The minimum absolute atomic E-state index is 0.0818. The number of hydrogen-bond acceptors (Lipinski definition) is 5. The monoisotopic (exact) mass is 286 g/mol. The number of hydrogen-bond donors (Lipinski definition) is 2. The van der Waals surface area contributed by atoms with Gasteiger partial charge in [-0.05, 0) is 25.0 Å². The lowest BCUT2D eigenvalue weighted by Crippen LogP contribution is -2.42. The van der Waals surface area contributed by atoms with Crippen LogP contribution >= 0.6 is 0 Å². The van der Waals surface area contributed by atoms with Crippen LogP contribution in [0.15, 0.2) is 23.1 Å². The van der Waals surface area contributed by atoms with Crippen molar-refractivity contribution in [3.8, 4) is 5.75 Å². The summed E-state index contributed by atoms with van der Waals surface area (Å²) in [4.78, 5) is 0.0818. The van der Waals surface area contributed by atoms with E-state index in [0.29, 0.717) is 25.1 Å². The number of benzene rings is 1. The predicted octanol–water partition coefficient (Wildman–Crippen LogP) is 0.423. The van der Waals surface area contributed by atoms with Crippen LogP contribution in [0.4, 0.5) is 5.69 Å². The number of anilines is 1. The maximum atomic E-state index is 12.5. The molecule has 0 radical (unpaired) electrons. The summed E-state index contributed by atoms with van der Waals surface area (Å²) in [5, 5.41) is 9.60. The SMILES string of the molecule is COc1cc(N)ccc1S(=O)(=O)N1CCC[C@H](O)C1. The Labute approximate surface area is 112 Å². The first-order valence-electron chi connectivity index (χ1n) is 6.07. The molecule has 7 heteroatoms. The number of ether oxygens (including phenoxy) is 1. The number of nitrogen functional groups attached to an aromatic ring is 1. The Morgan fingerprint density at radius 3 is 2.84 bits per heavy atom. The second kappa shape index (κ2) is 5.36. The molecule has 0 saturated carbocycles. The summed E-state index contributed by atoms with van der Waals surface area (Å²) in [7, 11) is -2.26. The summed E-state index contributed by atoms with van der Waals surface area (Å²) in [6.45, 7) is 0.531. The van der Waals surface area contributed by atoms with Gasteiger partial charge in [0.2, 0.25) is 10.0 Å². The molecule has 1 aliphatic rings. The molecule has 1 aromatic carbocycles. The Morgan fingerprint density at radius 1 is 1.47 bits per heavy atom. The third-order valence-corrected chi connectivity index (χ3v) is 5.07. The van der Waals surface area contributed by atoms with Crippen LogP contribution in [-0.4, -0.2) is 44.1 Å². The minimum Gasteiger partial charge on any atom is -0.495 e. The maximum Gasteiger partial charge on any atom is 0.246 e. The van der Waals surface area contributed by atoms with Crippen LogP contribution < -0.4 is 10.5 Å². The second-order valence-corrected chi connectivity index (χ2v) is 6.48. The van der Waals surface area contributed by atoms with Crippen LogP contribution in [0.2, 0.25) is 0 Å². The van der Waals surface area contributed by atoms with Gasteiger partial charge in [-0.3, -0.25) is 0 Å². The molecular formula is C12H18N2O4S. The molecule has 1 aromatic rings. The van der Waals surface area contributed by atoms with E-state index >= 15 is 0 Å². The van der Waals surface area contributed by atoms with Gasteiger partial charge in [0.1, 0.15) is 10.6 Å². The smallest absolute Gasteiger partial charge is 0.246 e. The van der Waals surface area contributed by atoms with E-state index in [-0.39, 0.29) is 17.2 Å². The van der Waals surface area contributed by atoms with Crippen molar-refractivity contribution in [1.82, 2.24) is 4.31 Å². The second-order valence-electron chi connectivity index (χ2n) is 4.57. The van der Waals surface area contributed by atoms with Gasteiger partial charge >= 0.3 is 0 Å². The topological polar surface area (TPSA) is 92.9 Å². The van der Waals surface area contributed by atoms with E-state index in [4.69, 9.17) is 10.5 Å². The van der Waals surface area contributed by atoms with Crippen molar-refractivity contribution in [3.05, 3.63) is 18.2 Å². The number of piperidine rings is 1. The van der Waals surface area contributed by atoms with E-state index in [0.717, 1.165) is 0 Å². The third-order valence-electron chi connectivity index (χ3n) is 3.16. The van der Waals surface area contributed by atoms with Gasteiger partial charge in [-0.2, -0.15) is 4.31 Å². The molecule has 1 fully saturated rings. The number of nitrogens with two attached hydrogens (primary N) is 1. The van der Waals surface area contributed by atoms with Crippen LogP contribution in [0, 0.1) is 0 Å². The molecular weight excluding hydrogens is 268 g/mol. The highest BCUT2D eigenvalue weighted by molar-refractivity contribution is 7.89. The predicted molar refractivity (Wildman–Crippen MR) is 71.4 cm³/mol. The highest BCUT2D eigenvalue weighted by Crippen LogP contribution is 2.30. The lowest BCUT2D eigenvalue weighted by molar-refractivity contribution is 0.108. The lowest BCUT2D eigenvalue weighted by Gasteiger charge is -2.29. The Kier molecular flexibility index (Phi) is 3.98. The summed E-state index contributed by atoms with van der Waals surface area (Å²) in [5.41, 5.74) is 6.06. The molecule has 0 amide bonds. The Balaban J connectivity index is 2.39. The van der Waals surface area contributed by atoms with Crippen LogP contribution in [0.3, 0.4) is 0 Å². The molecule has 0 aromatic heterocycles. The molecule has 19 heavy (non-hydrogen) atoms. The zero-order valence-electron chi connectivity index (χ0n) is 10.7. The van der Waals surface area contributed by atoms with Crippen molar-refractivity contribution in [2.45, 2.75) is 23.8 Å². The molecule has 0 unspecified atom stereocenters. The van der Waals surface area contributed by atoms with Gasteiger partial charge in [0.15, 0.2) is 0 Å². The first-order valence-corrected chi connectivity index (χ1v) is 7.51. The summed E-state index contributed by atoms with van der Waals surface area (Å²) in [6, 6.07) is 4.44. The summed E-state index contributed by atoms with van der Waals surface area (Å²) >= 11 is 0. The van der Waals surface area contributed by atoms with E-state index in [2.05, 4.69) is 0 Å². The first kappa shape index (κ1) is 14.1. The number of sulfonamides is 1. The zero-order chi connectivity index (χ0) is 14.0. The minimum atomic E-state index is -3.66. The number of aliphatic hydroxyl groups is 1. The quantitative estimate of drug-likeness (QED) is 0.786. The van der Waals surface area contributed by atoms with Crippen LogP contribution in [0.5, 0.6) is 5.75 Å². The van der Waals surface area contributed by atoms with Crippen LogP contribution in [0.25, 0.3) is 0 Å². The van der Waals surface area contributed by atoms with E-state index in [1.54, 1.807) is 0 Å². The summed E-state index contributed by atoms with van der Waals surface area (Å²) < 4.78 is 31.4. The lowest BCUT2D eigenvalue weighted by atomic mass is 10.1. The summed E-state index contributed by atoms with van der Waals surface area (Å²) in [5.74, 6) is 0.222. The molecule has 6 nitrogen and oxygen atoms in total. The number of methoxy groups -OCH3 is 1. The van der Waals surface area contributed by atoms with Crippen molar-refractivity contribution in [1.29, 1.82) is 0 Å². The highest BCUT2D eigenvalue weighted by atomic mass is 32.2. The van der Waals surface area contributed by atoms with Gasteiger partial charge in [-0.15, -0.1) is 0 Å². The Bertz CT molecular complexity index is 559. The molecule has 1 atom stereocenters. The maximum absolute atomic E-state index is 12.5. The van der Waals surface area contributed by atoms with E-state index in [1.807, 2.05) is 0 Å². The van der Waals surface area contributed by atoms with E-state index in [9.17, 15) is 13.5 Å². The van der Waals surface area contributed by atoms with Crippen molar-refractivity contribution >= 4 is 15.7 Å². The van der Waals surface area contributed by atoms with Crippen molar-refractivity contribution in [3.63, 3.8) is 0 Å². The first-order chi connectivity index (χ1) is 8.95. The fourth-order valence-electron chi connectivity index (χ4n) is 2.18. The average molecular weight is 286 g/mol. The number of rotatable bonds is 3. The van der Waals surface area contributed by atoms with E-state index in [1.165, 1.54) is 29.6 Å². The summed E-state index contributed by atoms with van der Waals surface area (Å²) in [6.07, 6.45) is 0.672. The Hall–Kier alpha value is -1.31. The van der Waals surface area contributed by atoms with E-state index < -0.39 is 16.1 Å². The number of nitrogens with zero attached hydrogens (tertiary/aromatic N) is 1. The molecule has 1 saturated heterocycles. The van der Waals surface area contributed by atoms with Gasteiger partial charge in [-0.1, -0.05) is 0 Å². The van der Waals surface area contributed by atoms with Crippen LogP contribution in [0.1, 0.15) is 12.8 Å². The van der Waals surface area contributed by atoms with Gasteiger partial charge in [-0.25, -0.2) is 8.42 Å². The molecule has 0 spiro atoms. The fraction of sp³-hybridized carbons (Fsp3) is 0.500. The fourth-order valence-corrected chi connectivity index (χ4v) is 3.83. The molecule has 1 heterocycles. The largest absolute Gasteiger partial charge is 0.495 e. The standard InChI is InChI=1S/C12H18N2O4S/c1-18-11-7-9(13)4-5-12(11)19(16,17)14-6-2-3-10(15)8-14/h4-5,7,10,15H,2-3,6,8,13H2,1H3/t10-/m0/s1. The average Bonchev–Trinajstić information content (AvgIpc) is 2.38. The van der Waals surface area contributed by atoms with Crippen molar-refractivity contribution in [2.24, 2.45) is 0 Å². The molecule has 0 aliphatic carbocycles. The van der Waals surface area contributed by atoms with Gasteiger partial charge in [0.05, 0.1) is 13.2 Å². The number of β-amino-alcohol motifs (C(OH)–C–C–N with tert-alkyl or cyclic N) is 1. The van der Waals surface area contributed by atoms with Crippen LogP contribution in [-0.2, 0) is 10.0 Å². The van der Waals surface area contributed by atoms with Gasteiger partial charge < -0.3 is 15.6 Å². The normalized spacial score (nSPS) is 21.3. The zero-order valence-corrected chi connectivity index (χ0v) is 11.6. The Morgan fingerprint density at radius 2 is 2.21 bits per heavy atom. The van der Waals surface area contributed by atoms with Gasteiger partial charge in [0.25, 0.3) is 0 Å². The molecule has 106 valence electrons. The van der Waals surface area contributed by atoms with Crippen molar-refractivity contribution in [2.75, 3.05) is 25.9 Å². The molecule has 1 aliphatic heterocycles. The molecule has 2 rings (SSSR count). The van der Waals surface area contributed by atoms with Gasteiger partial charge in [0, 0.05) is 24.8 Å². The van der Waals surface area contributed by atoms with Crippen molar-refractivity contribution < 1.29 is 18.3 Å². The highest BCUT2D eigenvalue weighted by Gasteiger charge is 2.31. The third kappa shape index (κ3) is 2.83. The number of aliphatic hydroxyl groups excluding tert-OH is 1. The molecule has 3 N–H and O–H groups in total.